The molecule has 0 radical (unpaired) electrons. The fourth-order valence-corrected chi connectivity index (χ4v) is 9.42. The Hall–Kier alpha value is -0.710. The predicted molar refractivity (Wildman–Crippen MR) is 83.2 cm³/mol. The first-order chi connectivity index (χ1) is 14.2. The van der Waals surface area contributed by atoms with Gasteiger partial charge in [0.1, 0.15) is 0 Å². The van der Waals surface area contributed by atoms with Crippen LogP contribution in [0.1, 0.15) is 19.8 Å². The van der Waals surface area contributed by atoms with Gasteiger partial charge in [0.05, 0.1) is 12.2 Å². The summed E-state index contributed by atoms with van der Waals surface area (Å²) in [6, 6.07) is 0. The molecule has 2 heterocycles. The van der Waals surface area contributed by atoms with Crippen LogP contribution in [-0.4, -0.2) is 41.9 Å². The minimum atomic E-state index is -5.37. The van der Waals surface area contributed by atoms with E-state index in [2.05, 4.69) is 4.74 Å². The number of halogens is 9. The standard InChI is InChI=1S/C10H8F6O.C10H11F3O/c11-9(12,13)8(10(14,15)16)6-3-1-2-4(6)5(2)7(3)17-8;1-9(10(11,12)13)7-4-2-3-5(7)6(3)8(4)14-9/h2-7H,1H2;3-8H,2H2,1H3/t2-,3+,4?,5?,6?,7?;3-,4+,5?,6?,7?,8?,9?/m01/s1. The van der Waals surface area contributed by atoms with Gasteiger partial charge in [-0.2, -0.15) is 39.5 Å². The molecule has 10 fully saturated rings. The Morgan fingerprint density at radius 1 is 0.581 bits per heavy atom. The predicted octanol–water partition coefficient (Wildman–Crippen LogP) is 4.98. The van der Waals surface area contributed by atoms with Crippen molar-refractivity contribution in [1.29, 1.82) is 0 Å². The Kier molecular flexibility index (Phi) is 3.11. The van der Waals surface area contributed by atoms with Crippen LogP contribution in [0, 0.1) is 59.2 Å². The first kappa shape index (κ1) is 19.7. The molecule has 13 atom stereocenters. The average Bonchev–Trinajstić information content (AvgIpc) is 3.10. The minimum Gasteiger partial charge on any atom is -0.362 e. The third-order valence-corrected chi connectivity index (χ3v) is 10.2. The molecule has 12 bridgehead atoms. The van der Waals surface area contributed by atoms with Crippen molar-refractivity contribution in [2.45, 2.75) is 61.7 Å². The maximum Gasteiger partial charge on any atom is 0.426 e. The molecular formula is C20H19F9O2. The van der Waals surface area contributed by atoms with E-state index in [1.807, 2.05) is 0 Å². The molecule has 10 aliphatic rings. The highest BCUT2D eigenvalue weighted by Crippen LogP contribution is 2.83. The Balaban J connectivity index is 0.000000112. The highest BCUT2D eigenvalue weighted by atomic mass is 19.4. The van der Waals surface area contributed by atoms with Gasteiger partial charge in [-0.3, -0.25) is 0 Å². The molecule has 9 unspecified atom stereocenters. The third-order valence-electron chi connectivity index (χ3n) is 10.2. The van der Waals surface area contributed by atoms with Crippen LogP contribution >= 0.6 is 0 Å². The summed E-state index contributed by atoms with van der Waals surface area (Å²) in [5, 5.41) is 0. The molecule has 2 aliphatic heterocycles. The van der Waals surface area contributed by atoms with Crippen molar-refractivity contribution in [3.8, 4) is 0 Å². The van der Waals surface area contributed by atoms with Gasteiger partial charge < -0.3 is 9.47 Å². The fourth-order valence-electron chi connectivity index (χ4n) is 9.42. The van der Waals surface area contributed by atoms with Crippen molar-refractivity contribution in [1.82, 2.24) is 0 Å². The van der Waals surface area contributed by atoms with Crippen LogP contribution in [0.4, 0.5) is 39.5 Å². The van der Waals surface area contributed by atoms with Crippen LogP contribution in [0.5, 0.6) is 0 Å². The second-order valence-electron chi connectivity index (χ2n) is 11.0. The minimum absolute atomic E-state index is 0.0252. The van der Waals surface area contributed by atoms with Crippen molar-refractivity contribution in [3.05, 3.63) is 0 Å². The molecule has 2 saturated heterocycles. The van der Waals surface area contributed by atoms with E-state index in [1.165, 1.54) is 6.92 Å². The molecule has 31 heavy (non-hydrogen) atoms. The first-order valence-electron chi connectivity index (χ1n) is 10.7. The summed E-state index contributed by atoms with van der Waals surface area (Å²) < 4.78 is 126. The van der Waals surface area contributed by atoms with Gasteiger partial charge in [0, 0.05) is 11.8 Å². The summed E-state index contributed by atoms with van der Waals surface area (Å²) in [4.78, 5) is 0. The van der Waals surface area contributed by atoms with E-state index in [9.17, 15) is 39.5 Å². The van der Waals surface area contributed by atoms with Crippen LogP contribution in [0.3, 0.4) is 0 Å². The molecular weight excluding hydrogens is 443 g/mol. The molecule has 8 saturated carbocycles. The molecule has 8 aliphatic carbocycles. The lowest BCUT2D eigenvalue weighted by Crippen LogP contribution is -2.62. The van der Waals surface area contributed by atoms with Gasteiger partial charge in [0.15, 0.2) is 5.60 Å². The second-order valence-corrected chi connectivity index (χ2v) is 11.0. The van der Waals surface area contributed by atoms with Gasteiger partial charge in [-0.25, -0.2) is 0 Å². The first-order valence-corrected chi connectivity index (χ1v) is 10.7. The van der Waals surface area contributed by atoms with Crippen LogP contribution in [0.25, 0.3) is 0 Å². The normalized spacial score (nSPS) is 59.8. The zero-order valence-electron chi connectivity index (χ0n) is 16.1. The summed E-state index contributed by atoms with van der Waals surface area (Å²) in [5.41, 5.74) is -5.71. The number of hydrogen-bond donors (Lipinski definition) is 0. The fraction of sp³-hybridized carbons (Fsp3) is 1.00. The summed E-state index contributed by atoms with van der Waals surface area (Å²) in [5.74, 6) is -0.846. The van der Waals surface area contributed by atoms with Crippen LogP contribution in [-0.2, 0) is 9.47 Å². The van der Waals surface area contributed by atoms with E-state index in [1.54, 1.807) is 0 Å². The van der Waals surface area contributed by atoms with Crippen LogP contribution in [0.15, 0.2) is 0 Å². The number of ether oxygens (including phenoxy) is 2. The van der Waals surface area contributed by atoms with Gasteiger partial charge in [0.25, 0.3) is 5.60 Å². The number of rotatable bonds is 0. The lowest BCUT2D eigenvalue weighted by Gasteiger charge is -2.39. The van der Waals surface area contributed by atoms with Crippen molar-refractivity contribution in [3.63, 3.8) is 0 Å². The smallest absolute Gasteiger partial charge is 0.362 e. The molecule has 0 spiro atoms. The summed E-state index contributed by atoms with van der Waals surface area (Å²) in [6.07, 6.45) is -14.3. The highest BCUT2D eigenvalue weighted by Gasteiger charge is 2.92. The van der Waals surface area contributed by atoms with Gasteiger partial charge in [-0.15, -0.1) is 0 Å². The van der Waals surface area contributed by atoms with Crippen molar-refractivity contribution in [2.75, 3.05) is 0 Å². The van der Waals surface area contributed by atoms with Crippen molar-refractivity contribution < 1.29 is 49.0 Å². The molecule has 10 rings (SSSR count). The summed E-state index contributed by atoms with van der Waals surface area (Å²) >= 11 is 0. The van der Waals surface area contributed by atoms with Gasteiger partial charge in [-0.1, -0.05) is 0 Å². The topological polar surface area (TPSA) is 18.5 Å². The monoisotopic (exact) mass is 462 g/mol. The average molecular weight is 462 g/mol. The third kappa shape index (κ3) is 1.86. The van der Waals surface area contributed by atoms with Crippen LogP contribution < -0.4 is 0 Å². The van der Waals surface area contributed by atoms with Gasteiger partial charge >= 0.3 is 18.5 Å². The van der Waals surface area contributed by atoms with E-state index >= 15 is 0 Å². The lowest BCUT2D eigenvalue weighted by molar-refractivity contribution is -0.393. The summed E-state index contributed by atoms with van der Waals surface area (Å²) in [6.45, 7) is 1.25. The lowest BCUT2D eigenvalue weighted by atomic mass is 9.81. The van der Waals surface area contributed by atoms with Gasteiger partial charge in [0.2, 0.25) is 0 Å². The van der Waals surface area contributed by atoms with Crippen molar-refractivity contribution in [2.24, 2.45) is 59.2 Å². The van der Waals surface area contributed by atoms with Gasteiger partial charge in [-0.05, 0) is 67.1 Å². The van der Waals surface area contributed by atoms with Crippen molar-refractivity contribution >= 4 is 0 Å². The Morgan fingerprint density at radius 2 is 1.03 bits per heavy atom. The maximum absolute atomic E-state index is 12.9. The molecule has 0 aromatic rings. The molecule has 0 N–H and O–H groups in total. The highest BCUT2D eigenvalue weighted by molar-refractivity contribution is 5.32. The Morgan fingerprint density at radius 3 is 1.35 bits per heavy atom. The molecule has 0 amide bonds. The van der Waals surface area contributed by atoms with Crippen LogP contribution in [0.2, 0.25) is 0 Å². The zero-order valence-corrected chi connectivity index (χ0v) is 16.1. The number of hydrogen-bond acceptors (Lipinski definition) is 2. The quantitative estimate of drug-likeness (QED) is 0.473. The molecule has 0 aromatic carbocycles. The zero-order chi connectivity index (χ0) is 22.3. The van der Waals surface area contributed by atoms with E-state index in [0.717, 1.165) is 6.42 Å². The summed E-state index contributed by atoms with van der Waals surface area (Å²) in [7, 11) is 0. The largest absolute Gasteiger partial charge is 0.426 e. The van der Waals surface area contributed by atoms with E-state index in [-0.39, 0.29) is 29.8 Å². The molecule has 2 nitrogen and oxygen atoms in total. The Bertz CT molecular complexity index is 850. The SMILES string of the molecule is CC1(C(F)(F)F)OC2C3C4C1[C@@H]2C[C@@H]34.FC(F)(F)C1(C(F)(F)F)OC2C3C4C1[C@H]2C[C@H]34. The molecule has 11 heteroatoms. The number of alkyl halides is 9. The van der Waals surface area contributed by atoms with E-state index in [4.69, 9.17) is 4.74 Å². The second kappa shape index (κ2) is 4.88. The molecule has 0 aromatic heterocycles. The van der Waals surface area contributed by atoms with E-state index in [0.29, 0.717) is 24.2 Å². The maximum atomic E-state index is 12.9. The Labute approximate surface area is 170 Å². The van der Waals surface area contributed by atoms with E-state index < -0.39 is 53.6 Å². The molecule has 174 valence electrons.